The summed E-state index contributed by atoms with van der Waals surface area (Å²) in [4.78, 5) is 25.5. The smallest absolute Gasteiger partial charge is 0.308 e. The number of hydrogen-bond donors (Lipinski definition) is 2. The van der Waals surface area contributed by atoms with Gasteiger partial charge in [-0.1, -0.05) is 11.6 Å². The third-order valence-corrected chi connectivity index (χ3v) is 2.64. The third-order valence-electron chi connectivity index (χ3n) is 2.34. The molecule has 20 heavy (non-hydrogen) atoms. The number of nitrogens with zero attached hydrogens (tertiary/aromatic N) is 2. The summed E-state index contributed by atoms with van der Waals surface area (Å²) in [6, 6.07) is 8.18. The number of pyridine rings is 1. The normalized spacial score (nSPS) is 9.85. The van der Waals surface area contributed by atoms with Gasteiger partial charge in [0.25, 0.3) is 5.69 Å². The number of amides is 2. The quantitative estimate of drug-likeness (QED) is 0.515. The maximum atomic E-state index is 11.7. The van der Waals surface area contributed by atoms with E-state index in [1.807, 2.05) is 0 Å². The minimum absolute atomic E-state index is 0.0498. The molecule has 1 heterocycles. The molecule has 0 aliphatic carbocycles. The van der Waals surface area contributed by atoms with E-state index in [1.165, 1.54) is 30.5 Å². The second-order valence-electron chi connectivity index (χ2n) is 3.72. The highest BCUT2D eigenvalue weighted by Gasteiger charge is 2.08. The van der Waals surface area contributed by atoms with Gasteiger partial charge in [-0.2, -0.15) is 0 Å². The van der Waals surface area contributed by atoms with Crippen molar-refractivity contribution in [2.24, 2.45) is 0 Å². The Morgan fingerprint density at radius 3 is 2.50 bits per heavy atom. The van der Waals surface area contributed by atoms with Crippen LogP contribution in [0.25, 0.3) is 0 Å². The number of anilines is 2. The van der Waals surface area contributed by atoms with E-state index in [0.717, 1.165) is 0 Å². The molecule has 0 bridgehead atoms. The Morgan fingerprint density at radius 2 is 1.90 bits per heavy atom. The molecule has 7 nitrogen and oxygen atoms in total. The van der Waals surface area contributed by atoms with Crippen LogP contribution in [0.3, 0.4) is 0 Å². The largest absolute Gasteiger partial charge is 0.323 e. The Kier molecular flexibility index (Phi) is 4.11. The summed E-state index contributed by atoms with van der Waals surface area (Å²) in [7, 11) is 0. The van der Waals surface area contributed by atoms with Gasteiger partial charge in [-0.25, -0.2) is 9.78 Å². The topological polar surface area (TPSA) is 97.2 Å². The molecule has 0 atom stereocenters. The summed E-state index contributed by atoms with van der Waals surface area (Å²) in [5.74, 6) is 0. The van der Waals surface area contributed by atoms with Crippen molar-refractivity contribution in [3.05, 3.63) is 57.9 Å². The molecule has 0 aliphatic rings. The Bertz CT molecular complexity index is 645. The number of nitro benzene ring substituents is 1. The van der Waals surface area contributed by atoms with E-state index in [0.29, 0.717) is 11.4 Å². The van der Waals surface area contributed by atoms with E-state index >= 15 is 0 Å². The van der Waals surface area contributed by atoms with Crippen LogP contribution < -0.4 is 10.6 Å². The number of nitrogens with one attached hydrogen (secondary N) is 2. The van der Waals surface area contributed by atoms with E-state index in [-0.39, 0.29) is 10.8 Å². The molecule has 0 aliphatic heterocycles. The Labute approximate surface area is 118 Å². The summed E-state index contributed by atoms with van der Waals surface area (Å²) in [5.41, 5.74) is 0.743. The van der Waals surface area contributed by atoms with Crippen molar-refractivity contribution in [2.75, 3.05) is 10.6 Å². The van der Waals surface area contributed by atoms with E-state index in [2.05, 4.69) is 15.6 Å². The second-order valence-corrected chi connectivity index (χ2v) is 4.08. The Balaban J connectivity index is 2.01. The SMILES string of the molecule is O=C(Nc1ccc([N+](=O)[O-])cc1)Nc1cccnc1Cl. The Morgan fingerprint density at radius 1 is 1.20 bits per heavy atom. The van der Waals surface area contributed by atoms with Gasteiger partial charge in [0.05, 0.1) is 10.6 Å². The van der Waals surface area contributed by atoms with Gasteiger partial charge in [0, 0.05) is 24.0 Å². The summed E-state index contributed by atoms with van der Waals surface area (Å²) < 4.78 is 0. The molecular weight excluding hydrogens is 284 g/mol. The summed E-state index contributed by atoms with van der Waals surface area (Å²) in [5, 5.41) is 15.7. The van der Waals surface area contributed by atoms with Crippen molar-refractivity contribution in [1.29, 1.82) is 0 Å². The van der Waals surface area contributed by atoms with Gasteiger partial charge < -0.3 is 10.6 Å². The Hall–Kier alpha value is -2.67. The molecule has 0 unspecified atom stereocenters. The van der Waals surface area contributed by atoms with Crippen LogP contribution in [0.15, 0.2) is 42.6 Å². The fraction of sp³-hybridized carbons (Fsp3) is 0. The lowest BCUT2D eigenvalue weighted by atomic mass is 10.3. The van der Waals surface area contributed by atoms with Gasteiger partial charge in [0.1, 0.15) is 0 Å². The lowest BCUT2D eigenvalue weighted by Crippen LogP contribution is -2.19. The van der Waals surface area contributed by atoms with Gasteiger partial charge in [-0.15, -0.1) is 0 Å². The number of carbonyl (C=O) groups excluding carboxylic acids is 1. The fourth-order valence-corrected chi connectivity index (χ4v) is 1.60. The number of non-ortho nitro benzene ring substituents is 1. The summed E-state index contributed by atoms with van der Waals surface area (Å²) >= 11 is 5.80. The van der Waals surface area contributed by atoms with Crippen LogP contribution in [0.1, 0.15) is 0 Å². The van der Waals surface area contributed by atoms with E-state index in [1.54, 1.807) is 12.1 Å². The minimum Gasteiger partial charge on any atom is -0.308 e. The molecule has 0 saturated heterocycles. The molecule has 2 rings (SSSR count). The molecule has 0 fully saturated rings. The highest BCUT2D eigenvalue weighted by atomic mass is 35.5. The standard InChI is InChI=1S/C12H9ClN4O3/c13-11-10(2-1-7-14-11)16-12(18)15-8-3-5-9(6-4-8)17(19)20/h1-7H,(H2,15,16,18). The average molecular weight is 293 g/mol. The maximum Gasteiger partial charge on any atom is 0.323 e. The molecule has 8 heteroatoms. The van der Waals surface area contributed by atoms with Crippen LogP contribution in [0.2, 0.25) is 5.15 Å². The molecular formula is C12H9ClN4O3. The molecule has 2 amide bonds. The van der Waals surface area contributed by atoms with Crippen molar-refractivity contribution in [3.63, 3.8) is 0 Å². The van der Waals surface area contributed by atoms with Crippen LogP contribution in [0.4, 0.5) is 21.9 Å². The predicted octanol–water partition coefficient (Wildman–Crippen LogP) is 3.29. The van der Waals surface area contributed by atoms with Crippen LogP contribution in [-0.4, -0.2) is 15.9 Å². The molecule has 0 spiro atoms. The number of benzene rings is 1. The molecule has 0 saturated carbocycles. The van der Waals surface area contributed by atoms with Crippen LogP contribution in [0.5, 0.6) is 0 Å². The maximum absolute atomic E-state index is 11.7. The third kappa shape index (κ3) is 3.42. The van der Waals surface area contributed by atoms with Gasteiger partial charge in [-0.3, -0.25) is 10.1 Å². The number of halogens is 1. The average Bonchev–Trinajstić information content (AvgIpc) is 2.42. The summed E-state index contributed by atoms with van der Waals surface area (Å²) in [6.45, 7) is 0. The first-order valence-electron chi connectivity index (χ1n) is 5.49. The zero-order valence-electron chi connectivity index (χ0n) is 10.0. The van der Waals surface area contributed by atoms with Crippen molar-refractivity contribution < 1.29 is 9.72 Å². The molecule has 2 N–H and O–H groups in total. The molecule has 1 aromatic carbocycles. The molecule has 2 aromatic rings. The first-order valence-corrected chi connectivity index (χ1v) is 5.87. The summed E-state index contributed by atoms with van der Waals surface area (Å²) in [6.07, 6.45) is 1.50. The van der Waals surface area contributed by atoms with Crippen molar-refractivity contribution in [3.8, 4) is 0 Å². The lowest BCUT2D eigenvalue weighted by Gasteiger charge is -2.08. The monoisotopic (exact) mass is 292 g/mol. The van der Waals surface area contributed by atoms with Gasteiger partial charge >= 0.3 is 6.03 Å². The van der Waals surface area contributed by atoms with Crippen molar-refractivity contribution in [1.82, 2.24) is 4.98 Å². The minimum atomic E-state index is -0.520. The highest BCUT2D eigenvalue weighted by Crippen LogP contribution is 2.19. The zero-order chi connectivity index (χ0) is 14.5. The molecule has 102 valence electrons. The predicted molar refractivity (Wildman–Crippen MR) is 75.0 cm³/mol. The first-order chi connectivity index (χ1) is 9.56. The van der Waals surface area contributed by atoms with Crippen LogP contribution in [-0.2, 0) is 0 Å². The van der Waals surface area contributed by atoms with Gasteiger partial charge in [-0.05, 0) is 24.3 Å². The fourth-order valence-electron chi connectivity index (χ4n) is 1.43. The van der Waals surface area contributed by atoms with Crippen LogP contribution in [0, 0.1) is 10.1 Å². The van der Waals surface area contributed by atoms with E-state index in [9.17, 15) is 14.9 Å². The molecule has 1 aromatic heterocycles. The van der Waals surface area contributed by atoms with Gasteiger partial charge in [0.15, 0.2) is 5.15 Å². The van der Waals surface area contributed by atoms with Gasteiger partial charge in [0.2, 0.25) is 0 Å². The number of hydrogen-bond acceptors (Lipinski definition) is 4. The van der Waals surface area contributed by atoms with Crippen molar-refractivity contribution >= 4 is 34.7 Å². The van der Waals surface area contributed by atoms with E-state index < -0.39 is 11.0 Å². The highest BCUT2D eigenvalue weighted by molar-refractivity contribution is 6.32. The number of urea groups is 1. The number of aromatic nitrogens is 1. The number of carbonyl (C=O) groups is 1. The van der Waals surface area contributed by atoms with Crippen molar-refractivity contribution in [2.45, 2.75) is 0 Å². The molecule has 0 radical (unpaired) electrons. The number of rotatable bonds is 3. The zero-order valence-corrected chi connectivity index (χ0v) is 10.8. The van der Waals surface area contributed by atoms with E-state index in [4.69, 9.17) is 11.6 Å². The second kappa shape index (κ2) is 5.98. The van der Waals surface area contributed by atoms with Crippen LogP contribution >= 0.6 is 11.6 Å². The first kappa shape index (κ1) is 13.8. The number of nitro groups is 1. The lowest BCUT2D eigenvalue weighted by molar-refractivity contribution is -0.384.